The molecule has 1 N–H and O–H groups in total. The lowest BCUT2D eigenvalue weighted by Crippen LogP contribution is -2.12. The van der Waals surface area contributed by atoms with Crippen molar-refractivity contribution in [2.45, 2.75) is 39.4 Å². The molecule has 102 valence electrons. The van der Waals surface area contributed by atoms with Crippen molar-refractivity contribution in [1.82, 2.24) is 4.98 Å². The third-order valence-corrected chi connectivity index (χ3v) is 4.11. The summed E-state index contributed by atoms with van der Waals surface area (Å²) in [5.41, 5.74) is 0.423. The molecule has 0 spiro atoms. The highest BCUT2D eigenvalue weighted by molar-refractivity contribution is 7.11. The lowest BCUT2D eigenvalue weighted by molar-refractivity contribution is 0.0823. The maximum Gasteiger partial charge on any atom is 0.140 e. The number of ether oxygens (including phenoxy) is 1. The Morgan fingerprint density at radius 3 is 2.79 bits per heavy atom. The van der Waals surface area contributed by atoms with Crippen molar-refractivity contribution in [3.8, 4) is 5.75 Å². The highest BCUT2D eigenvalue weighted by Gasteiger charge is 2.19. The molecule has 0 fully saturated rings. The number of aryl methyl sites for hydroxylation is 1. The Bertz CT molecular complexity index is 543. The maximum absolute atomic E-state index is 9.89. The van der Waals surface area contributed by atoms with E-state index < -0.39 is 5.60 Å². The van der Waals surface area contributed by atoms with Crippen LogP contribution in [0.5, 0.6) is 5.75 Å². The first kappa shape index (κ1) is 14.0. The van der Waals surface area contributed by atoms with E-state index in [1.807, 2.05) is 18.2 Å². The molecule has 2 rings (SSSR count). The first-order chi connectivity index (χ1) is 8.99. The molecule has 0 bridgehead atoms. The molecule has 0 aliphatic carbocycles. The second-order valence-electron chi connectivity index (χ2n) is 4.97. The number of nitrogens with zero attached hydrogens (tertiary/aromatic N) is 1. The monoisotopic (exact) mass is 277 g/mol. The van der Waals surface area contributed by atoms with Crippen LogP contribution in [0.4, 0.5) is 0 Å². The van der Waals surface area contributed by atoms with E-state index in [0.717, 1.165) is 22.1 Å². The number of hydrogen-bond donors (Lipinski definition) is 1. The Hall–Kier alpha value is -1.39. The van der Waals surface area contributed by atoms with Crippen LogP contribution in [-0.2, 0) is 18.6 Å². The molecule has 1 heterocycles. The van der Waals surface area contributed by atoms with Gasteiger partial charge in [0.25, 0.3) is 0 Å². The molecule has 0 saturated heterocycles. The van der Waals surface area contributed by atoms with E-state index in [2.05, 4.69) is 18.0 Å². The van der Waals surface area contributed by atoms with Crippen molar-refractivity contribution in [2.75, 3.05) is 0 Å². The van der Waals surface area contributed by atoms with E-state index in [-0.39, 0.29) is 0 Å². The summed E-state index contributed by atoms with van der Waals surface area (Å²) < 4.78 is 5.73. The van der Waals surface area contributed by atoms with E-state index in [4.69, 9.17) is 4.74 Å². The fourth-order valence-electron chi connectivity index (χ4n) is 1.66. The Morgan fingerprint density at radius 1 is 1.37 bits per heavy atom. The van der Waals surface area contributed by atoms with Gasteiger partial charge in [-0.1, -0.05) is 19.1 Å². The number of aliphatic hydroxyl groups is 1. The molecule has 3 nitrogen and oxygen atoms in total. The van der Waals surface area contributed by atoms with E-state index in [1.165, 1.54) is 16.9 Å². The fourth-order valence-corrected chi connectivity index (χ4v) is 2.49. The molecule has 0 radical (unpaired) electrons. The van der Waals surface area contributed by atoms with Crippen LogP contribution in [0.15, 0.2) is 30.5 Å². The fraction of sp³-hybridized carbons (Fsp3) is 0.400. The van der Waals surface area contributed by atoms with Crippen LogP contribution in [0.2, 0.25) is 0 Å². The molecule has 0 aliphatic heterocycles. The standard InChI is InChI=1S/C15H19NO2S/c1-4-11-6-5-7-12(8-11)18-10-14-16-9-13(19-14)15(2,3)17/h5-9,17H,4,10H2,1-3H3. The molecule has 0 saturated carbocycles. The lowest BCUT2D eigenvalue weighted by Gasteiger charge is -2.13. The summed E-state index contributed by atoms with van der Waals surface area (Å²) in [6.07, 6.45) is 2.71. The maximum atomic E-state index is 9.89. The number of benzene rings is 1. The molecular weight excluding hydrogens is 258 g/mol. The summed E-state index contributed by atoms with van der Waals surface area (Å²) in [4.78, 5) is 5.13. The van der Waals surface area contributed by atoms with Gasteiger partial charge in [0.15, 0.2) is 0 Å². The average Bonchev–Trinajstić information content (AvgIpc) is 2.85. The minimum Gasteiger partial charge on any atom is -0.486 e. The molecule has 1 aromatic carbocycles. The summed E-state index contributed by atoms with van der Waals surface area (Å²) in [5, 5.41) is 10.8. The van der Waals surface area contributed by atoms with Crippen molar-refractivity contribution in [2.24, 2.45) is 0 Å². The highest BCUT2D eigenvalue weighted by Crippen LogP contribution is 2.26. The van der Waals surface area contributed by atoms with Crippen LogP contribution < -0.4 is 4.74 Å². The number of hydrogen-bond acceptors (Lipinski definition) is 4. The Labute approximate surface area is 117 Å². The third kappa shape index (κ3) is 3.78. The minimum atomic E-state index is -0.835. The van der Waals surface area contributed by atoms with Gasteiger partial charge in [-0.05, 0) is 38.0 Å². The van der Waals surface area contributed by atoms with Gasteiger partial charge in [0, 0.05) is 6.20 Å². The van der Waals surface area contributed by atoms with Crippen LogP contribution in [0.1, 0.15) is 36.2 Å². The molecule has 4 heteroatoms. The van der Waals surface area contributed by atoms with Crippen molar-refractivity contribution >= 4 is 11.3 Å². The number of thiazole rings is 1. The third-order valence-electron chi connectivity index (χ3n) is 2.83. The predicted octanol–water partition coefficient (Wildman–Crippen LogP) is 3.51. The quantitative estimate of drug-likeness (QED) is 0.909. The zero-order chi connectivity index (χ0) is 13.9. The molecule has 0 amide bonds. The number of rotatable bonds is 5. The summed E-state index contributed by atoms with van der Waals surface area (Å²) in [7, 11) is 0. The van der Waals surface area contributed by atoms with Crippen LogP contribution in [0, 0.1) is 0 Å². The van der Waals surface area contributed by atoms with Gasteiger partial charge in [0.2, 0.25) is 0 Å². The summed E-state index contributed by atoms with van der Waals surface area (Å²) in [5.74, 6) is 0.861. The molecular formula is C15H19NO2S. The van der Waals surface area contributed by atoms with Gasteiger partial charge in [-0.2, -0.15) is 0 Å². The normalized spacial score (nSPS) is 11.6. The Morgan fingerprint density at radius 2 is 2.16 bits per heavy atom. The SMILES string of the molecule is CCc1cccc(OCc2ncc(C(C)(C)O)s2)c1. The Kier molecular flexibility index (Phi) is 4.22. The van der Waals surface area contributed by atoms with Crippen LogP contribution in [0.25, 0.3) is 0 Å². The highest BCUT2D eigenvalue weighted by atomic mass is 32.1. The number of aromatic nitrogens is 1. The molecule has 0 unspecified atom stereocenters. The van der Waals surface area contributed by atoms with Crippen molar-refractivity contribution in [3.05, 3.63) is 45.9 Å². The van der Waals surface area contributed by atoms with Gasteiger partial charge in [0.1, 0.15) is 17.4 Å². The van der Waals surface area contributed by atoms with Crippen LogP contribution in [-0.4, -0.2) is 10.1 Å². The van der Waals surface area contributed by atoms with E-state index in [9.17, 15) is 5.11 Å². The van der Waals surface area contributed by atoms with Gasteiger partial charge < -0.3 is 9.84 Å². The second-order valence-corrected chi connectivity index (χ2v) is 6.08. The van der Waals surface area contributed by atoms with Crippen molar-refractivity contribution in [3.63, 3.8) is 0 Å². The van der Waals surface area contributed by atoms with E-state index in [1.54, 1.807) is 20.0 Å². The molecule has 19 heavy (non-hydrogen) atoms. The second kappa shape index (κ2) is 5.72. The van der Waals surface area contributed by atoms with Gasteiger partial charge in [0.05, 0.1) is 10.5 Å². The topological polar surface area (TPSA) is 42.4 Å². The zero-order valence-corrected chi connectivity index (χ0v) is 12.3. The first-order valence-electron chi connectivity index (χ1n) is 6.38. The van der Waals surface area contributed by atoms with Gasteiger partial charge in [-0.15, -0.1) is 11.3 Å². The minimum absolute atomic E-state index is 0.438. The molecule has 2 aromatic rings. The zero-order valence-electron chi connectivity index (χ0n) is 11.5. The lowest BCUT2D eigenvalue weighted by atomic mass is 10.1. The van der Waals surface area contributed by atoms with E-state index >= 15 is 0 Å². The molecule has 0 aliphatic rings. The van der Waals surface area contributed by atoms with E-state index in [0.29, 0.717) is 6.61 Å². The van der Waals surface area contributed by atoms with Crippen molar-refractivity contribution in [1.29, 1.82) is 0 Å². The van der Waals surface area contributed by atoms with Gasteiger partial charge in [-0.25, -0.2) is 4.98 Å². The van der Waals surface area contributed by atoms with Gasteiger partial charge in [-0.3, -0.25) is 0 Å². The summed E-state index contributed by atoms with van der Waals surface area (Å²) in [6, 6.07) is 8.08. The van der Waals surface area contributed by atoms with Crippen molar-refractivity contribution < 1.29 is 9.84 Å². The molecule has 1 aromatic heterocycles. The first-order valence-corrected chi connectivity index (χ1v) is 7.20. The predicted molar refractivity (Wildman–Crippen MR) is 77.5 cm³/mol. The van der Waals surface area contributed by atoms with Crippen LogP contribution >= 0.6 is 11.3 Å². The summed E-state index contributed by atoms with van der Waals surface area (Å²) in [6.45, 7) is 6.08. The Balaban J connectivity index is 2.00. The largest absolute Gasteiger partial charge is 0.486 e. The van der Waals surface area contributed by atoms with Gasteiger partial charge >= 0.3 is 0 Å². The van der Waals surface area contributed by atoms with Crippen LogP contribution in [0.3, 0.4) is 0 Å². The molecule has 0 atom stereocenters. The average molecular weight is 277 g/mol. The summed E-state index contributed by atoms with van der Waals surface area (Å²) >= 11 is 1.48. The smallest absolute Gasteiger partial charge is 0.140 e.